The van der Waals surface area contributed by atoms with Crippen molar-refractivity contribution in [3.8, 4) is 0 Å². The summed E-state index contributed by atoms with van der Waals surface area (Å²) in [6, 6.07) is 16.7. The molecule has 0 radical (unpaired) electrons. The van der Waals surface area contributed by atoms with Crippen LogP contribution in [-0.4, -0.2) is 38.0 Å². The van der Waals surface area contributed by atoms with Crippen LogP contribution in [0.25, 0.3) is 6.08 Å². The second-order valence-corrected chi connectivity index (χ2v) is 7.37. The lowest BCUT2D eigenvalue weighted by molar-refractivity contribution is -0.126. The average Bonchev–Trinajstić information content (AvgIpc) is 2.72. The van der Waals surface area contributed by atoms with Gasteiger partial charge in [0.1, 0.15) is 0 Å². The second-order valence-electron chi connectivity index (χ2n) is 7.37. The molecule has 1 fully saturated rings. The Morgan fingerprint density at radius 3 is 2.48 bits per heavy atom. The fourth-order valence-electron chi connectivity index (χ4n) is 3.56. The number of hydrogen-bond donors (Lipinski definition) is 1. The van der Waals surface area contributed by atoms with Crippen LogP contribution in [0.5, 0.6) is 0 Å². The van der Waals surface area contributed by atoms with Crippen molar-refractivity contribution < 1.29 is 4.79 Å². The normalized spacial score (nSPS) is 15.3. The lowest BCUT2D eigenvalue weighted by Crippen LogP contribution is -2.36. The first-order chi connectivity index (χ1) is 13.1. The molecule has 2 aromatic carbocycles. The van der Waals surface area contributed by atoms with Gasteiger partial charge < -0.3 is 15.5 Å². The predicted octanol–water partition coefficient (Wildman–Crippen LogP) is 3.63. The van der Waals surface area contributed by atoms with E-state index in [9.17, 15) is 4.79 Å². The van der Waals surface area contributed by atoms with Crippen LogP contribution in [0.4, 0.5) is 5.69 Å². The number of carbonyl (C=O) groups excluding carboxylic acids is 1. The number of benzene rings is 2. The topological polar surface area (TPSA) is 49.6 Å². The van der Waals surface area contributed by atoms with Gasteiger partial charge in [0.25, 0.3) is 0 Å². The van der Waals surface area contributed by atoms with Crippen molar-refractivity contribution in [1.82, 2.24) is 4.90 Å². The number of likely N-dealkylation sites (tertiary alicyclic amines) is 1. The molecule has 1 aliphatic rings. The molecule has 0 atom stereocenters. The van der Waals surface area contributed by atoms with Crippen molar-refractivity contribution in [3.05, 3.63) is 71.3 Å². The summed E-state index contributed by atoms with van der Waals surface area (Å²) < 4.78 is 0. The van der Waals surface area contributed by atoms with E-state index < -0.39 is 0 Å². The molecule has 0 aromatic heterocycles. The zero-order chi connectivity index (χ0) is 19.2. The molecule has 1 amide bonds. The van der Waals surface area contributed by atoms with E-state index in [1.165, 1.54) is 11.1 Å². The third kappa shape index (κ3) is 4.98. The maximum atomic E-state index is 12.5. The van der Waals surface area contributed by atoms with Crippen LogP contribution in [0.3, 0.4) is 0 Å². The SMILES string of the molecule is CN(C)c1ccc(C=CC(=O)N2CCC(c3cccc(CN)c3)CC2)cc1. The number of amides is 1. The third-order valence-electron chi connectivity index (χ3n) is 5.29. The summed E-state index contributed by atoms with van der Waals surface area (Å²) >= 11 is 0. The molecule has 2 aromatic rings. The molecule has 4 heteroatoms. The molecule has 3 rings (SSSR count). The first-order valence-corrected chi connectivity index (χ1v) is 9.60. The van der Waals surface area contributed by atoms with Gasteiger partial charge >= 0.3 is 0 Å². The minimum atomic E-state index is 0.0980. The molecule has 0 spiro atoms. The van der Waals surface area contributed by atoms with Crippen molar-refractivity contribution in [3.63, 3.8) is 0 Å². The van der Waals surface area contributed by atoms with Gasteiger partial charge in [-0.25, -0.2) is 0 Å². The van der Waals surface area contributed by atoms with E-state index in [0.717, 1.165) is 37.2 Å². The number of rotatable bonds is 5. The van der Waals surface area contributed by atoms with Crippen LogP contribution in [-0.2, 0) is 11.3 Å². The Bertz CT molecular complexity index is 788. The van der Waals surface area contributed by atoms with Gasteiger partial charge in [0, 0.05) is 45.5 Å². The van der Waals surface area contributed by atoms with Gasteiger partial charge in [-0.2, -0.15) is 0 Å². The number of hydrogen-bond acceptors (Lipinski definition) is 3. The highest BCUT2D eigenvalue weighted by Gasteiger charge is 2.22. The Morgan fingerprint density at radius 1 is 1.15 bits per heavy atom. The van der Waals surface area contributed by atoms with Crippen LogP contribution in [0.15, 0.2) is 54.6 Å². The van der Waals surface area contributed by atoms with Gasteiger partial charge in [0.15, 0.2) is 0 Å². The first kappa shape index (κ1) is 19.2. The summed E-state index contributed by atoms with van der Waals surface area (Å²) in [5.41, 5.74) is 10.5. The summed E-state index contributed by atoms with van der Waals surface area (Å²) in [4.78, 5) is 16.5. The molecule has 1 heterocycles. The summed E-state index contributed by atoms with van der Waals surface area (Å²) in [5.74, 6) is 0.615. The van der Waals surface area contributed by atoms with E-state index in [1.54, 1.807) is 6.08 Å². The molecule has 142 valence electrons. The minimum absolute atomic E-state index is 0.0980. The van der Waals surface area contributed by atoms with Gasteiger partial charge in [-0.3, -0.25) is 4.79 Å². The average molecular weight is 364 g/mol. The minimum Gasteiger partial charge on any atom is -0.378 e. The van der Waals surface area contributed by atoms with Gasteiger partial charge in [0.2, 0.25) is 5.91 Å². The van der Waals surface area contributed by atoms with E-state index in [0.29, 0.717) is 12.5 Å². The first-order valence-electron chi connectivity index (χ1n) is 9.60. The maximum absolute atomic E-state index is 12.5. The van der Waals surface area contributed by atoms with E-state index in [4.69, 9.17) is 5.73 Å². The molecule has 0 unspecified atom stereocenters. The van der Waals surface area contributed by atoms with Crippen LogP contribution in [0.2, 0.25) is 0 Å². The van der Waals surface area contributed by atoms with Crippen molar-refractivity contribution in [1.29, 1.82) is 0 Å². The molecule has 1 aliphatic heterocycles. The van der Waals surface area contributed by atoms with Crippen LogP contribution in [0.1, 0.15) is 35.4 Å². The summed E-state index contributed by atoms with van der Waals surface area (Å²) in [5, 5.41) is 0. The van der Waals surface area contributed by atoms with Gasteiger partial charge in [-0.05, 0) is 53.7 Å². The van der Waals surface area contributed by atoms with Crippen LogP contribution < -0.4 is 10.6 Å². The van der Waals surface area contributed by atoms with Crippen molar-refractivity contribution in [2.45, 2.75) is 25.3 Å². The maximum Gasteiger partial charge on any atom is 0.246 e. The summed E-state index contributed by atoms with van der Waals surface area (Å²) in [6.07, 6.45) is 5.61. The van der Waals surface area contributed by atoms with E-state index in [-0.39, 0.29) is 5.91 Å². The van der Waals surface area contributed by atoms with Gasteiger partial charge in [0.05, 0.1) is 0 Å². The van der Waals surface area contributed by atoms with Crippen molar-refractivity contribution >= 4 is 17.7 Å². The van der Waals surface area contributed by atoms with Crippen LogP contribution in [0, 0.1) is 0 Å². The number of piperidine rings is 1. The highest BCUT2D eigenvalue weighted by molar-refractivity contribution is 5.91. The Hall–Kier alpha value is -2.59. The largest absolute Gasteiger partial charge is 0.378 e. The van der Waals surface area contributed by atoms with E-state index >= 15 is 0 Å². The van der Waals surface area contributed by atoms with Crippen molar-refractivity contribution in [2.75, 3.05) is 32.1 Å². The standard InChI is InChI=1S/C23H29N3O/c1-25(2)22-9-6-18(7-10-22)8-11-23(27)26-14-12-20(13-15-26)21-5-3-4-19(16-21)17-24/h3-11,16,20H,12-15,17,24H2,1-2H3. The molecule has 4 nitrogen and oxygen atoms in total. The molecule has 0 saturated carbocycles. The van der Waals surface area contributed by atoms with Crippen molar-refractivity contribution in [2.24, 2.45) is 5.73 Å². The number of nitrogens with two attached hydrogens (primary N) is 1. The smallest absolute Gasteiger partial charge is 0.246 e. The molecular formula is C23H29N3O. The Labute approximate surface area is 162 Å². The highest BCUT2D eigenvalue weighted by atomic mass is 16.2. The Morgan fingerprint density at radius 2 is 1.85 bits per heavy atom. The lowest BCUT2D eigenvalue weighted by atomic mass is 9.88. The fourth-order valence-corrected chi connectivity index (χ4v) is 3.56. The molecule has 0 aliphatic carbocycles. The number of nitrogens with zero attached hydrogens (tertiary/aromatic N) is 2. The zero-order valence-corrected chi connectivity index (χ0v) is 16.3. The van der Waals surface area contributed by atoms with Gasteiger partial charge in [-0.15, -0.1) is 0 Å². The lowest BCUT2D eigenvalue weighted by Gasteiger charge is -2.31. The molecular weight excluding hydrogens is 334 g/mol. The highest BCUT2D eigenvalue weighted by Crippen LogP contribution is 2.28. The molecule has 0 bridgehead atoms. The number of carbonyl (C=O) groups is 1. The second kappa shape index (κ2) is 8.87. The Balaban J connectivity index is 1.55. The summed E-state index contributed by atoms with van der Waals surface area (Å²) in [6.45, 7) is 2.19. The monoisotopic (exact) mass is 363 g/mol. The fraction of sp³-hybridized carbons (Fsp3) is 0.348. The molecule has 1 saturated heterocycles. The molecule has 2 N–H and O–H groups in total. The van der Waals surface area contributed by atoms with E-state index in [2.05, 4.69) is 41.3 Å². The van der Waals surface area contributed by atoms with E-state index in [1.807, 2.05) is 37.2 Å². The van der Waals surface area contributed by atoms with Gasteiger partial charge in [-0.1, -0.05) is 36.4 Å². The third-order valence-corrected chi connectivity index (χ3v) is 5.29. The predicted molar refractivity (Wildman–Crippen MR) is 113 cm³/mol. The quantitative estimate of drug-likeness (QED) is 0.825. The summed E-state index contributed by atoms with van der Waals surface area (Å²) in [7, 11) is 4.04. The molecule has 27 heavy (non-hydrogen) atoms. The van der Waals surface area contributed by atoms with Crippen LogP contribution >= 0.6 is 0 Å². The number of anilines is 1. The zero-order valence-electron chi connectivity index (χ0n) is 16.3. The Kier molecular flexibility index (Phi) is 6.30.